The van der Waals surface area contributed by atoms with Crippen LogP contribution < -0.4 is 0 Å². The molecule has 2 bridgehead atoms. The van der Waals surface area contributed by atoms with E-state index in [1.165, 1.54) is 6.92 Å². The molecule has 0 aromatic heterocycles. The van der Waals surface area contributed by atoms with Gasteiger partial charge in [-0.1, -0.05) is 36.8 Å². The maximum atomic E-state index is 14.5. The number of fused-ring (bicyclic) bond motifs is 6. The highest BCUT2D eigenvalue weighted by molar-refractivity contribution is 6.09. The van der Waals surface area contributed by atoms with Crippen molar-refractivity contribution in [1.29, 1.82) is 0 Å². The number of ether oxygens (including phenoxy) is 3. The molecule has 0 aromatic rings. The lowest BCUT2D eigenvalue weighted by atomic mass is 9.54. The second-order valence-electron chi connectivity index (χ2n) is 13.8. The average molecular weight is 549 g/mol. The van der Waals surface area contributed by atoms with Crippen LogP contribution in [0, 0.1) is 39.9 Å². The van der Waals surface area contributed by atoms with Gasteiger partial charge < -0.3 is 19.3 Å². The first kappa shape index (κ1) is 25.9. The highest BCUT2D eigenvalue weighted by Crippen LogP contribution is 2.80. The molecule has 212 valence electrons. The smallest absolute Gasteiger partial charge is 0.334 e. The molecule has 8 heteroatoms. The Morgan fingerprint density at radius 1 is 1.12 bits per heavy atom. The fraction of sp³-hybridized carbons (Fsp3) is 0.625. The first-order valence-corrected chi connectivity index (χ1v) is 14.3. The molecule has 5 aliphatic carbocycles. The topological polar surface area (TPSA) is 116 Å². The molecule has 1 spiro atoms. The van der Waals surface area contributed by atoms with Crippen LogP contribution >= 0.6 is 0 Å². The Hall–Kier alpha value is -3.00. The van der Waals surface area contributed by atoms with Gasteiger partial charge in [-0.25, -0.2) is 4.79 Å². The Labute approximate surface area is 233 Å². The second kappa shape index (κ2) is 7.64. The molecule has 11 atom stereocenters. The van der Waals surface area contributed by atoms with E-state index >= 15 is 0 Å². The van der Waals surface area contributed by atoms with Crippen LogP contribution in [-0.2, 0) is 33.4 Å². The summed E-state index contributed by atoms with van der Waals surface area (Å²) in [6.07, 6.45) is 5.27. The monoisotopic (exact) mass is 548 g/mol. The molecule has 2 saturated heterocycles. The van der Waals surface area contributed by atoms with Gasteiger partial charge in [-0.05, 0) is 46.1 Å². The van der Waals surface area contributed by atoms with Crippen LogP contribution in [-0.4, -0.2) is 52.7 Å². The Morgan fingerprint density at radius 3 is 2.55 bits per heavy atom. The number of esters is 3. The van der Waals surface area contributed by atoms with Gasteiger partial charge in [-0.2, -0.15) is 0 Å². The molecule has 7 aliphatic rings. The van der Waals surface area contributed by atoms with Crippen LogP contribution in [0.3, 0.4) is 0 Å². The number of hydrogen-bond donors (Lipinski definition) is 1. The quantitative estimate of drug-likeness (QED) is 0.229. The van der Waals surface area contributed by atoms with E-state index in [-0.39, 0.29) is 18.1 Å². The molecule has 0 radical (unpaired) electrons. The standard InChI is InChI=1S/C32H36O8/c1-14-11-19(34)21-15(2)12-20(38-17(4)33)23-25(22(14)21)40-28(36)32(23)13-31-10-9-29(32,5)26(31)24-18(7-8-30(31,6)37)16(3)27(35)39-24/h9-11,18,20,22-26,37H,3,7-8,12-13H2,1-2,4-6H3/t18-,20?,22+,23-,24+,25-,26+,29?,30+,31?,32?/m1/s1. The third kappa shape index (κ3) is 2.72. The summed E-state index contributed by atoms with van der Waals surface area (Å²) >= 11 is 0. The highest BCUT2D eigenvalue weighted by Gasteiger charge is 2.84. The van der Waals surface area contributed by atoms with E-state index in [9.17, 15) is 24.3 Å². The Morgan fingerprint density at radius 2 is 1.85 bits per heavy atom. The highest BCUT2D eigenvalue weighted by atomic mass is 16.6. The molecular formula is C32H36O8. The van der Waals surface area contributed by atoms with E-state index in [2.05, 4.69) is 6.58 Å². The van der Waals surface area contributed by atoms with Crippen LogP contribution in [0.15, 0.2) is 47.1 Å². The van der Waals surface area contributed by atoms with Gasteiger partial charge in [0, 0.05) is 53.1 Å². The van der Waals surface area contributed by atoms with Crippen LogP contribution in [0.1, 0.15) is 60.3 Å². The number of rotatable bonds is 1. The van der Waals surface area contributed by atoms with Gasteiger partial charge in [-0.15, -0.1) is 0 Å². The Bertz CT molecular complexity index is 1410. The SMILES string of the molecule is C=C1C(=O)O[C@H]2[C@@H]1CC[C@](C)(O)C13C=CC(C)([C@H]21)C1(C3)C(=O)O[C@@H]2[C@H]3C(C)=CC(=O)C3=C(C)CC(OC(C)=O)[C@H]21. The van der Waals surface area contributed by atoms with E-state index in [4.69, 9.17) is 14.2 Å². The molecular weight excluding hydrogens is 512 g/mol. The molecule has 8 nitrogen and oxygen atoms in total. The average Bonchev–Trinajstić information content (AvgIpc) is 3.53. The summed E-state index contributed by atoms with van der Waals surface area (Å²) in [6.45, 7) is 13.0. The maximum absolute atomic E-state index is 14.5. The van der Waals surface area contributed by atoms with Crippen molar-refractivity contribution < 1.29 is 38.5 Å². The van der Waals surface area contributed by atoms with Gasteiger partial charge in [0.05, 0.1) is 16.9 Å². The molecule has 40 heavy (non-hydrogen) atoms. The van der Waals surface area contributed by atoms with Crippen LogP contribution in [0.25, 0.3) is 0 Å². The van der Waals surface area contributed by atoms with E-state index in [0.29, 0.717) is 30.4 Å². The number of carbonyl (C=O) groups is 4. The van der Waals surface area contributed by atoms with Gasteiger partial charge in [0.15, 0.2) is 5.78 Å². The van der Waals surface area contributed by atoms with Crippen molar-refractivity contribution in [1.82, 2.24) is 0 Å². The zero-order chi connectivity index (χ0) is 28.7. The van der Waals surface area contributed by atoms with Crippen molar-refractivity contribution in [3.05, 3.63) is 47.1 Å². The number of hydrogen-bond acceptors (Lipinski definition) is 8. The maximum Gasteiger partial charge on any atom is 0.334 e. The molecule has 4 unspecified atom stereocenters. The van der Waals surface area contributed by atoms with Crippen LogP contribution in [0.2, 0.25) is 0 Å². The molecule has 0 aromatic carbocycles. The molecule has 2 aliphatic heterocycles. The summed E-state index contributed by atoms with van der Waals surface area (Å²) in [4.78, 5) is 52.9. The van der Waals surface area contributed by atoms with Crippen molar-refractivity contribution >= 4 is 23.7 Å². The molecule has 0 amide bonds. The van der Waals surface area contributed by atoms with Crippen molar-refractivity contribution in [3.63, 3.8) is 0 Å². The van der Waals surface area contributed by atoms with Crippen molar-refractivity contribution in [2.75, 3.05) is 0 Å². The van der Waals surface area contributed by atoms with Gasteiger partial charge in [0.25, 0.3) is 0 Å². The first-order chi connectivity index (χ1) is 18.7. The van der Waals surface area contributed by atoms with E-state index < -0.39 is 75.8 Å². The van der Waals surface area contributed by atoms with Crippen molar-refractivity contribution in [2.45, 2.75) is 84.2 Å². The second-order valence-corrected chi connectivity index (χ2v) is 13.8. The third-order valence-corrected chi connectivity index (χ3v) is 12.1. The van der Waals surface area contributed by atoms with Crippen LogP contribution in [0.4, 0.5) is 0 Å². The Kier molecular flexibility index (Phi) is 4.95. The normalized spacial score (nSPS) is 50.1. The molecule has 2 heterocycles. The number of allylic oxidation sites excluding steroid dienone is 2. The number of carbonyl (C=O) groups excluding carboxylic acids is 4. The summed E-state index contributed by atoms with van der Waals surface area (Å²) in [7, 11) is 0. The van der Waals surface area contributed by atoms with E-state index in [0.717, 1.165) is 11.1 Å². The zero-order valence-electron chi connectivity index (χ0n) is 23.6. The fourth-order valence-corrected chi connectivity index (χ4v) is 10.4. The van der Waals surface area contributed by atoms with Gasteiger partial charge >= 0.3 is 17.9 Å². The van der Waals surface area contributed by atoms with Gasteiger partial charge in [0.2, 0.25) is 0 Å². The summed E-state index contributed by atoms with van der Waals surface area (Å²) in [5.41, 5.74) is -1.46. The largest absolute Gasteiger partial charge is 0.462 e. The molecule has 1 N–H and O–H groups in total. The van der Waals surface area contributed by atoms with Gasteiger partial charge in [0.1, 0.15) is 18.3 Å². The summed E-state index contributed by atoms with van der Waals surface area (Å²) < 4.78 is 18.4. The third-order valence-electron chi connectivity index (χ3n) is 12.1. The summed E-state index contributed by atoms with van der Waals surface area (Å²) in [6, 6.07) is 0. The predicted molar refractivity (Wildman–Crippen MR) is 141 cm³/mol. The molecule has 4 fully saturated rings. The Balaban J connectivity index is 1.45. The lowest BCUT2D eigenvalue weighted by molar-refractivity contribution is -0.160. The van der Waals surface area contributed by atoms with Crippen molar-refractivity contribution in [2.24, 2.45) is 39.9 Å². The minimum absolute atomic E-state index is 0.0934. The van der Waals surface area contributed by atoms with Crippen molar-refractivity contribution in [3.8, 4) is 0 Å². The minimum Gasteiger partial charge on any atom is -0.462 e. The summed E-state index contributed by atoms with van der Waals surface area (Å²) in [5, 5.41) is 12.2. The first-order valence-electron chi connectivity index (χ1n) is 14.3. The van der Waals surface area contributed by atoms with E-state index in [1.54, 1.807) is 6.08 Å². The number of ketones is 1. The number of aliphatic hydroxyl groups is 1. The van der Waals surface area contributed by atoms with E-state index in [1.807, 2.05) is 39.8 Å². The lowest BCUT2D eigenvalue weighted by Gasteiger charge is -2.46. The fourth-order valence-electron chi connectivity index (χ4n) is 10.4. The predicted octanol–water partition coefficient (Wildman–Crippen LogP) is 3.54. The molecule has 7 rings (SSSR count). The zero-order valence-corrected chi connectivity index (χ0v) is 23.6. The minimum atomic E-state index is -1.20. The van der Waals surface area contributed by atoms with Crippen LogP contribution in [0.5, 0.6) is 0 Å². The summed E-state index contributed by atoms with van der Waals surface area (Å²) in [5.74, 6) is -3.06. The molecule has 2 saturated carbocycles. The lowest BCUT2D eigenvalue weighted by Crippen LogP contribution is -2.53. The van der Waals surface area contributed by atoms with Gasteiger partial charge in [-0.3, -0.25) is 14.4 Å².